The van der Waals surface area contributed by atoms with Crippen LogP contribution < -0.4 is 0 Å². The second kappa shape index (κ2) is 8.57. The van der Waals surface area contributed by atoms with Crippen LogP contribution in [-0.2, 0) is 9.53 Å². The second-order valence-electron chi connectivity index (χ2n) is 4.46. The van der Waals surface area contributed by atoms with Gasteiger partial charge >= 0.3 is 5.97 Å². The third kappa shape index (κ3) is 5.50. The van der Waals surface area contributed by atoms with Gasteiger partial charge in [0.15, 0.2) is 0 Å². The van der Waals surface area contributed by atoms with Crippen molar-refractivity contribution in [2.24, 2.45) is 11.8 Å². The number of aliphatic hydroxyl groups excluding tert-OH is 1. The van der Waals surface area contributed by atoms with Crippen LogP contribution >= 0.6 is 0 Å². The Bertz CT molecular complexity index is 192. The SMILES string of the molecule is CCC[C@@H](O)[C@@H](CC(C)CC)C(=O)OCC. The van der Waals surface area contributed by atoms with Crippen molar-refractivity contribution in [1.29, 1.82) is 0 Å². The van der Waals surface area contributed by atoms with Gasteiger partial charge in [-0.2, -0.15) is 0 Å². The van der Waals surface area contributed by atoms with Crippen LogP contribution in [0.3, 0.4) is 0 Å². The molecule has 0 rings (SSSR count). The van der Waals surface area contributed by atoms with E-state index in [1.807, 2.05) is 6.92 Å². The number of aliphatic hydroxyl groups is 1. The average molecular weight is 230 g/mol. The van der Waals surface area contributed by atoms with Gasteiger partial charge in [0.05, 0.1) is 18.6 Å². The lowest BCUT2D eigenvalue weighted by Gasteiger charge is -2.23. The van der Waals surface area contributed by atoms with Crippen molar-refractivity contribution in [2.45, 2.75) is 59.5 Å². The molecule has 0 amide bonds. The molecular formula is C13H26O3. The molecule has 0 aliphatic heterocycles. The highest BCUT2D eigenvalue weighted by Crippen LogP contribution is 2.22. The maximum Gasteiger partial charge on any atom is 0.311 e. The van der Waals surface area contributed by atoms with E-state index in [1.165, 1.54) is 0 Å². The Morgan fingerprint density at radius 1 is 1.31 bits per heavy atom. The summed E-state index contributed by atoms with van der Waals surface area (Å²) in [6.07, 6.45) is 2.74. The van der Waals surface area contributed by atoms with Crippen molar-refractivity contribution in [3.05, 3.63) is 0 Å². The van der Waals surface area contributed by atoms with Gasteiger partial charge in [0.1, 0.15) is 0 Å². The third-order valence-corrected chi connectivity index (χ3v) is 2.99. The topological polar surface area (TPSA) is 46.5 Å². The predicted molar refractivity (Wildman–Crippen MR) is 65.1 cm³/mol. The van der Waals surface area contributed by atoms with Crippen molar-refractivity contribution >= 4 is 5.97 Å². The van der Waals surface area contributed by atoms with Crippen molar-refractivity contribution < 1.29 is 14.6 Å². The highest BCUT2D eigenvalue weighted by atomic mass is 16.5. The molecule has 0 saturated heterocycles. The smallest absolute Gasteiger partial charge is 0.311 e. The lowest BCUT2D eigenvalue weighted by atomic mass is 9.88. The quantitative estimate of drug-likeness (QED) is 0.652. The molecule has 3 atom stereocenters. The van der Waals surface area contributed by atoms with Gasteiger partial charge in [0.2, 0.25) is 0 Å². The predicted octanol–water partition coefficient (Wildman–Crippen LogP) is 2.76. The number of hydrogen-bond acceptors (Lipinski definition) is 3. The first kappa shape index (κ1) is 15.4. The van der Waals surface area contributed by atoms with E-state index in [0.717, 1.165) is 19.3 Å². The maximum atomic E-state index is 11.7. The Morgan fingerprint density at radius 3 is 2.38 bits per heavy atom. The summed E-state index contributed by atoms with van der Waals surface area (Å²) in [7, 11) is 0. The fourth-order valence-corrected chi connectivity index (χ4v) is 1.76. The molecule has 0 heterocycles. The van der Waals surface area contributed by atoms with Crippen LogP contribution in [0.1, 0.15) is 53.4 Å². The van der Waals surface area contributed by atoms with Gasteiger partial charge in [-0.05, 0) is 25.7 Å². The molecule has 96 valence electrons. The summed E-state index contributed by atoms with van der Waals surface area (Å²) in [5, 5.41) is 9.95. The minimum atomic E-state index is -0.557. The van der Waals surface area contributed by atoms with Gasteiger partial charge in [-0.1, -0.05) is 33.6 Å². The molecule has 0 radical (unpaired) electrons. The molecule has 0 bridgehead atoms. The van der Waals surface area contributed by atoms with Crippen LogP contribution in [-0.4, -0.2) is 23.8 Å². The molecule has 3 heteroatoms. The summed E-state index contributed by atoms with van der Waals surface area (Å²) >= 11 is 0. The van der Waals surface area contributed by atoms with E-state index in [4.69, 9.17) is 4.74 Å². The summed E-state index contributed by atoms with van der Waals surface area (Å²) < 4.78 is 5.02. The van der Waals surface area contributed by atoms with E-state index in [9.17, 15) is 9.90 Å². The first-order valence-corrected chi connectivity index (χ1v) is 6.41. The van der Waals surface area contributed by atoms with Crippen molar-refractivity contribution in [1.82, 2.24) is 0 Å². The van der Waals surface area contributed by atoms with Gasteiger partial charge in [0, 0.05) is 0 Å². The Balaban J connectivity index is 4.42. The van der Waals surface area contributed by atoms with Gasteiger partial charge in [-0.25, -0.2) is 0 Å². The normalized spacial score (nSPS) is 16.6. The van der Waals surface area contributed by atoms with E-state index in [0.29, 0.717) is 18.9 Å². The summed E-state index contributed by atoms with van der Waals surface area (Å²) in [5.74, 6) is -0.153. The fraction of sp³-hybridized carbons (Fsp3) is 0.923. The molecule has 0 aromatic heterocycles. The Hall–Kier alpha value is -0.570. The third-order valence-electron chi connectivity index (χ3n) is 2.99. The molecule has 1 unspecified atom stereocenters. The summed E-state index contributed by atoms with van der Waals surface area (Å²) in [6.45, 7) is 8.39. The number of ether oxygens (including phenoxy) is 1. The zero-order chi connectivity index (χ0) is 12.6. The molecule has 1 N–H and O–H groups in total. The van der Waals surface area contributed by atoms with Gasteiger partial charge < -0.3 is 9.84 Å². The van der Waals surface area contributed by atoms with Crippen LogP contribution in [0.15, 0.2) is 0 Å². The molecule has 0 aliphatic carbocycles. The zero-order valence-electron chi connectivity index (χ0n) is 11.0. The van der Waals surface area contributed by atoms with Crippen molar-refractivity contribution in [3.8, 4) is 0 Å². The molecule has 16 heavy (non-hydrogen) atoms. The fourth-order valence-electron chi connectivity index (χ4n) is 1.76. The molecular weight excluding hydrogens is 204 g/mol. The van der Waals surface area contributed by atoms with Crippen LogP contribution in [0.4, 0.5) is 0 Å². The maximum absolute atomic E-state index is 11.7. The van der Waals surface area contributed by atoms with Gasteiger partial charge in [-0.15, -0.1) is 0 Å². The van der Waals surface area contributed by atoms with Crippen LogP contribution in [0.2, 0.25) is 0 Å². The first-order valence-electron chi connectivity index (χ1n) is 6.41. The van der Waals surface area contributed by atoms with E-state index in [2.05, 4.69) is 13.8 Å². The highest BCUT2D eigenvalue weighted by Gasteiger charge is 2.28. The van der Waals surface area contributed by atoms with Gasteiger partial charge in [0.25, 0.3) is 0 Å². The molecule has 0 saturated carbocycles. The lowest BCUT2D eigenvalue weighted by molar-refractivity contribution is -0.153. The van der Waals surface area contributed by atoms with Crippen LogP contribution in [0.25, 0.3) is 0 Å². The van der Waals surface area contributed by atoms with E-state index in [1.54, 1.807) is 6.92 Å². The molecule has 0 fully saturated rings. The summed E-state index contributed by atoms with van der Waals surface area (Å²) in [5.41, 5.74) is 0. The standard InChI is InChI=1S/C13H26O3/c1-5-8-12(14)11(9-10(4)6-2)13(15)16-7-3/h10-12,14H,5-9H2,1-4H3/t10?,11-,12-/m1/s1. The lowest BCUT2D eigenvalue weighted by Crippen LogP contribution is -2.31. The second-order valence-corrected chi connectivity index (χ2v) is 4.46. The zero-order valence-corrected chi connectivity index (χ0v) is 11.0. The number of carbonyl (C=O) groups excluding carboxylic acids is 1. The van der Waals surface area contributed by atoms with Crippen molar-refractivity contribution in [3.63, 3.8) is 0 Å². The minimum absolute atomic E-state index is 0.247. The number of carbonyl (C=O) groups is 1. The molecule has 0 spiro atoms. The molecule has 0 aromatic rings. The van der Waals surface area contributed by atoms with Crippen LogP contribution in [0, 0.1) is 11.8 Å². The number of esters is 1. The average Bonchev–Trinajstić information content (AvgIpc) is 2.25. The van der Waals surface area contributed by atoms with Gasteiger partial charge in [-0.3, -0.25) is 4.79 Å². The monoisotopic (exact) mass is 230 g/mol. The number of rotatable bonds is 8. The number of hydrogen-bond donors (Lipinski definition) is 1. The first-order chi connectivity index (χ1) is 7.56. The Labute approximate surface area is 99.2 Å². The van der Waals surface area contributed by atoms with E-state index < -0.39 is 6.10 Å². The molecule has 0 aliphatic rings. The summed E-state index contributed by atoms with van der Waals surface area (Å²) in [6, 6.07) is 0. The minimum Gasteiger partial charge on any atom is -0.466 e. The van der Waals surface area contributed by atoms with Crippen LogP contribution in [0.5, 0.6) is 0 Å². The van der Waals surface area contributed by atoms with Crippen molar-refractivity contribution in [2.75, 3.05) is 6.61 Å². The van der Waals surface area contributed by atoms with E-state index >= 15 is 0 Å². The Morgan fingerprint density at radius 2 is 1.94 bits per heavy atom. The largest absolute Gasteiger partial charge is 0.466 e. The highest BCUT2D eigenvalue weighted by molar-refractivity contribution is 5.73. The summed E-state index contributed by atoms with van der Waals surface area (Å²) in [4.78, 5) is 11.7. The molecule has 3 nitrogen and oxygen atoms in total. The Kier molecular flexibility index (Phi) is 8.26. The molecule has 0 aromatic carbocycles. The van der Waals surface area contributed by atoms with E-state index in [-0.39, 0.29) is 11.9 Å².